The van der Waals surface area contributed by atoms with E-state index >= 15 is 0 Å². The van der Waals surface area contributed by atoms with Crippen LogP contribution in [0.4, 0.5) is 0 Å². The van der Waals surface area contributed by atoms with Gasteiger partial charge in [-0.2, -0.15) is 15.8 Å². The Labute approximate surface area is 57.2 Å². The van der Waals surface area contributed by atoms with Crippen molar-refractivity contribution >= 4 is 12.7 Å². The summed E-state index contributed by atoms with van der Waals surface area (Å²) in [5.41, 5.74) is 0. The van der Waals surface area contributed by atoms with Crippen molar-refractivity contribution < 1.29 is 4.70 Å². The molecule has 0 radical (unpaired) electrons. The molecule has 0 aromatic rings. The summed E-state index contributed by atoms with van der Waals surface area (Å²) in [6.07, 6.45) is 4.53. The molecule has 0 bridgehead atoms. The highest BCUT2D eigenvalue weighted by Crippen LogP contribution is 2.20. The lowest BCUT2D eigenvalue weighted by Crippen LogP contribution is -2.61. The van der Waals surface area contributed by atoms with Crippen molar-refractivity contribution in [2.75, 3.05) is 0 Å². The first kappa shape index (κ1) is 5.54. The van der Waals surface area contributed by atoms with Crippen LogP contribution in [0.3, 0.4) is 0 Å². The highest BCUT2D eigenvalue weighted by molar-refractivity contribution is 5.63. The summed E-state index contributed by atoms with van der Waals surface area (Å²) in [4.78, 5) is 7.72. The van der Waals surface area contributed by atoms with E-state index in [0.717, 1.165) is 0 Å². The van der Waals surface area contributed by atoms with Crippen LogP contribution in [0.15, 0.2) is 22.0 Å². The van der Waals surface area contributed by atoms with Crippen LogP contribution in [-0.4, -0.2) is 22.5 Å². The predicted molar refractivity (Wildman–Crippen MR) is 35.5 cm³/mol. The number of hydrogen-bond acceptors (Lipinski definition) is 5. The third-order valence-corrected chi connectivity index (χ3v) is 1.49. The summed E-state index contributed by atoms with van der Waals surface area (Å²) in [7, 11) is 0. The number of nitrogens with two attached hydrogens (primary N) is 2. The van der Waals surface area contributed by atoms with Gasteiger partial charge in [-0.3, -0.25) is 0 Å². The molecular weight excluding hydrogens is 132 g/mol. The summed E-state index contributed by atoms with van der Waals surface area (Å²) >= 11 is 0. The number of rotatable bonds is 0. The predicted octanol–water partition coefficient (Wildman–Crippen LogP) is -1.35. The second-order valence-electron chi connectivity index (χ2n) is 2.11. The van der Waals surface area contributed by atoms with E-state index in [-0.39, 0.29) is 4.70 Å². The molecule has 0 spiro atoms. The van der Waals surface area contributed by atoms with Crippen LogP contribution in [0.1, 0.15) is 0 Å². The lowest BCUT2D eigenvalue weighted by molar-refractivity contribution is -0.909. The number of quaternary nitrogens is 1. The molecule has 0 aromatic heterocycles. The van der Waals surface area contributed by atoms with Crippen molar-refractivity contribution in [3.63, 3.8) is 0 Å². The van der Waals surface area contributed by atoms with Gasteiger partial charge >= 0.3 is 0 Å². The van der Waals surface area contributed by atoms with Gasteiger partial charge in [0.05, 0.1) is 0 Å². The summed E-state index contributed by atoms with van der Waals surface area (Å²) in [5.74, 6) is 11.8. The largest absolute Gasteiger partial charge is 0.300 e. The molecule has 2 rings (SSSR count). The fourth-order valence-corrected chi connectivity index (χ4v) is 0.861. The molecule has 0 amide bonds. The van der Waals surface area contributed by atoms with Crippen molar-refractivity contribution in [3.8, 4) is 0 Å². The maximum absolute atomic E-state index is 5.70. The van der Waals surface area contributed by atoms with Gasteiger partial charge < -0.3 is 0 Å². The van der Waals surface area contributed by atoms with Crippen molar-refractivity contribution in [2.24, 2.45) is 21.7 Å². The average molecular weight is 139 g/mol. The Balaban J connectivity index is 2.48. The molecule has 2 aliphatic heterocycles. The molecule has 6 nitrogen and oxygen atoms in total. The second-order valence-corrected chi connectivity index (χ2v) is 2.11. The SMILES string of the molecule is NN1C=NC2=CN=C[N+]21N. The second kappa shape index (κ2) is 1.43. The summed E-state index contributed by atoms with van der Waals surface area (Å²) in [5, 5.41) is 1.27. The molecule has 0 saturated heterocycles. The molecule has 0 aromatic carbocycles. The smallest absolute Gasteiger partial charge is 0.199 e. The average Bonchev–Trinajstić information content (AvgIpc) is 2.36. The minimum atomic E-state index is -0.139. The minimum Gasteiger partial charge on any atom is -0.199 e. The van der Waals surface area contributed by atoms with E-state index in [9.17, 15) is 0 Å². The summed E-state index contributed by atoms with van der Waals surface area (Å²) in [6, 6.07) is 0. The van der Waals surface area contributed by atoms with Crippen LogP contribution in [0.25, 0.3) is 0 Å². The van der Waals surface area contributed by atoms with Gasteiger partial charge in [-0.25, -0.2) is 0 Å². The molecule has 0 saturated carbocycles. The van der Waals surface area contributed by atoms with E-state index in [0.29, 0.717) is 5.82 Å². The standard InChI is InChI=1S/C4H7N6/c5-9-2-8-4-1-7-3-10(4,9)6/h1-3H,5-6H2/q+1. The monoisotopic (exact) mass is 139 g/mol. The first-order chi connectivity index (χ1) is 4.73. The van der Waals surface area contributed by atoms with E-state index in [1.54, 1.807) is 6.20 Å². The van der Waals surface area contributed by atoms with Gasteiger partial charge in [-0.05, 0) is 4.70 Å². The Morgan fingerprint density at radius 1 is 1.60 bits per heavy atom. The van der Waals surface area contributed by atoms with Crippen molar-refractivity contribution in [3.05, 3.63) is 12.0 Å². The fourth-order valence-electron chi connectivity index (χ4n) is 0.861. The maximum Gasteiger partial charge on any atom is 0.300 e. The van der Waals surface area contributed by atoms with Crippen molar-refractivity contribution in [1.82, 2.24) is 5.12 Å². The lowest BCUT2D eigenvalue weighted by Gasteiger charge is -2.23. The van der Waals surface area contributed by atoms with Gasteiger partial charge in [0.25, 0.3) is 5.82 Å². The van der Waals surface area contributed by atoms with Crippen LogP contribution >= 0.6 is 0 Å². The van der Waals surface area contributed by atoms with E-state index in [4.69, 9.17) is 11.7 Å². The van der Waals surface area contributed by atoms with Crippen LogP contribution in [0, 0.1) is 0 Å². The third-order valence-electron chi connectivity index (χ3n) is 1.49. The zero-order valence-corrected chi connectivity index (χ0v) is 5.18. The number of hydrazine groups is 1. The highest BCUT2D eigenvalue weighted by atomic mass is 16.0. The van der Waals surface area contributed by atoms with Crippen LogP contribution < -0.4 is 11.7 Å². The highest BCUT2D eigenvalue weighted by Gasteiger charge is 2.41. The van der Waals surface area contributed by atoms with Crippen molar-refractivity contribution in [2.45, 2.75) is 0 Å². The zero-order chi connectivity index (χ0) is 7.19. The van der Waals surface area contributed by atoms with Crippen LogP contribution in [0.5, 0.6) is 0 Å². The zero-order valence-electron chi connectivity index (χ0n) is 5.18. The van der Waals surface area contributed by atoms with Gasteiger partial charge in [-0.1, -0.05) is 0 Å². The molecule has 2 aliphatic rings. The molecule has 52 valence electrons. The first-order valence-electron chi connectivity index (χ1n) is 2.74. The van der Waals surface area contributed by atoms with Gasteiger partial charge in [-0.15, -0.1) is 11.0 Å². The number of aliphatic imine (C=N–C) groups is 2. The minimum absolute atomic E-state index is 0.139. The Morgan fingerprint density at radius 3 is 3.10 bits per heavy atom. The Kier molecular flexibility index (Phi) is 0.791. The molecule has 2 heterocycles. The fraction of sp³-hybridized carbons (Fsp3) is 0. The van der Waals surface area contributed by atoms with Gasteiger partial charge in [0, 0.05) is 0 Å². The number of hydrogen-bond donors (Lipinski definition) is 2. The normalized spacial score (nSPS) is 35.0. The van der Waals surface area contributed by atoms with Crippen LogP contribution in [0.2, 0.25) is 0 Å². The van der Waals surface area contributed by atoms with Crippen LogP contribution in [-0.2, 0) is 0 Å². The Hall–Kier alpha value is -1.24. The van der Waals surface area contributed by atoms with Gasteiger partial charge in [0.1, 0.15) is 6.20 Å². The molecule has 0 fully saturated rings. The van der Waals surface area contributed by atoms with Gasteiger partial charge in [0.15, 0.2) is 6.34 Å². The summed E-state index contributed by atoms with van der Waals surface area (Å²) < 4.78 is -0.139. The molecular formula is C4H7N6+. The lowest BCUT2D eigenvalue weighted by atomic mass is 10.7. The number of fused-ring (bicyclic) bond motifs is 1. The quantitative estimate of drug-likeness (QED) is 0.321. The summed E-state index contributed by atoms with van der Waals surface area (Å²) in [6.45, 7) is 0. The third kappa shape index (κ3) is 0.433. The van der Waals surface area contributed by atoms with E-state index in [1.165, 1.54) is 17.8 Å². The Morgan fingerprint density at radius 2 is 2.40 bits per heavy atom. The van der Waals surface area contributed by atoms with Gasteiger partial charge in [0.2, 0.25) is 6.34 Å². The van der Waals surface area contributed by atoms with Crippen molar-refractivity contribution in [1.29, 1.82) is 0 Å². The topological polar surface area (TPSA) is 80.0 Å². The van der Waals surface area contributed by atoms with E-state index in [1.807, 2.05) is 0 Å². The van der Waals surface area contributed by atoms with E-state index < -0.39 is 0 Å². The molecule has 6 heteroatoms. The molecule has 1 unspecified atom stereocenters. The maximum atomic E-state index is 5.70. The van der Waals surface area contributed by atoms with E-state index in [2.05, 4.69) is 9.98 Å². The first-order valence-corrected chi connectivity index (χ1v) is 2.74. The molecule has 4 N–H and O–H groups in total. The Bertz CT molecular complexity index is 252. The number of nitrogens with zero attached hydrogens (tertiary/aromatic N) is 4. The molecule has 1 atom stereocenters. The molecule has 0 aliphatic carbocycles. The molecule has 10 heavy (non-hydrogen) atoms.